The topological polar surface area (TPSA) is 132 Å². The van der Waals surface area contributed by atoms with Crippen molar-refractivity contribution in [3.05, 3.63) is 12.2 Å². The summed E-state index contributed by atoms with van der Waals surface area (Å²) in [4.78, 5) is 42.6. The number of unbranched alkanes of at least 4 members (excludes halogenated alkanes) is 14. The van der Waals surface area contributed by atoms with Crippen LogP contribution in [0, 0.1) is 5.92 Å². The minimum absolute atomic E-state index is 0.193. The molecule has 0 aromatic carbocycles. The number of epoxide rings is 1. The molecule has 0 bridgehead atoms. The Bertz CT molecular complexity index is 826. The third-order valence-corrected chi connectivity index (χ3v) is 8.62. The predicted molar refractivity (Wildman–Crippen MR) is 179 cm³/mol. The molecule has 3 atom stereocenters. The van der Waals surface area contributed by atoms with Crippen LogP contribution in [-0.2, 0) is 32.9 Å². The van der Waals surface area contributed by atoms with E-state index in [2.05, 4.69) is 37.4 Å². The monoisotopic (exact) mass is 660 g/mol. The van der Waals surface area contributed by atoms with Gasteiger partial charge in [-0.2, -0.15) is 0 Å². The predicted octanol–water partition coefficient (Wildman–Crippen LogP) is 9.13. The molecule has 9 nitrogen and oxygen atoms in total. The van der Waals surface area contributed by atoms with Crippen LogP contribution in [0.25, 0.3) is 0 Å². The van der Waals surface area contributed by atoms with Gasteiger partial charge in [0.1, 0.15) is 6.61 Å². The first-order chi connectivity index (χ1) is 21.6. The van der Waals surface area contributed by atoms with Gasteiger partial charge in [0, 0.05) is 12.8 Å². The number of rotatable bonds is 31. The number of carbonyl (C=O) groups is 2. The van der Waals surface area contributed by atoms with Crippen LogP contribution in [0.3, 0.4) is 0 Å². The van der Waals surface area contributed by atoms with Gasteiger partial charge in [0.25, 0.3) is 0 Å². The highest BCUT2D eigenvalue weighted by Crippen LogP contribution is 2.36. The number of hydrogen-bond donors (Lipinski definition) is 2. The summed E-state index contributed by atoms with van der Waals surface area (Å²) < 4.78 is 32.0. The van der Waals surface area contributed by atoms with E-state index in [1.54, 1.807) is 0 Å². The Morgan fingerprint density at radius 2 is 1.36 bits per heavy atom. The molecular formula is C35H65O9P. The molecule has 0 aromatic heterocycles. The second-order valence-electron chi connectivity index (χ2n) is 13.1. The fraction of sp³-hybridized carbons (Fsp3) is 0.886. The van der Waals surface area contributed by atoms with E-state index in [1.165, 1.54) is 64.2 Å². The number of carbonyl (C=O) groups excluding carboxylic acids is 2. The zero-order valence-electron chi connectivity index (χ0n) is 28.6. The Hall–Kier alpha value is -1.25. The molecule has 0 saturated carbocycles. The highest BCUT2D eigenvalue weighted by atomic mass is 31.2. The van der Waals surface area contributed by atoms with Crippen LogP contribution in [0.1, 0.15) is 162 Å². The van der Waals surface area contributed by atoms with Crippen LogP contribution in [0.2, 0.25) is 0 Å². The summed E-state index contributed by atoms with van der Waals surface area (Å²) in [5, 5.41) is 0. The molecule has 1 aliphatic rings. The molecule has 2 N–H and O–H groups in total. The summed E-state index contributed by atoms with van der Waals surface area (Å²) in [6, 6.07) is 0. The summed E-state index contributed by atoms with van der Waals surface area (Å²) in [6.07, 6.45) is 26.9. The van der Waals surface area contributed by atoms with Crippen LogP contribution in [0.15, 0.2) is 12.2 Å². The van der Waals surface area contributed by atoms with Gasteiger partial charge in [-0.05, 0) is 44.4 Å². The maximum absolute atomic E-state index is 12.3. The van der Waals surface area contributed by atoms with Crippen LogP contribution in [0.5, 0.6) is 0 Å². The molecule has 0 aromatic rings. The molecule has 2 unspecified atom stereocenters. The third kappa shape index (κ3) is 27.6. The van der Waals surface area contributed by atoms with E-state index >= 15 is 0 Å². The largest absolute Gasteiger partial charge is 0.469 e. The van der Waals surface area contributed by atoms with Crippen molar-refractivity contribution in [1.82, 2.24) is 0 Å². The lowest BCUT2D eigenvalue weighted by Crippen LogP contribution is -2.29. The van der Waals surface area contributed by atoms with Gasteiger partial charge in [-0.1, -0.05) is 123 Å². The van der Waals surface area contributed by atoms with Gasteiger partial charge >= 0.3 is 19.8 Å². The van der Waals surface area contributed by atoms with Crippen molar-refractivity contribution in [2.24, 2.45) is 5.92 Å². The second-order valence-corrected chi connectivity index (χ2v) is 14.3. The van der Waals surface area contributed by atoms with Crippen molar-refractivity contribution in [3.63, 3.8) is 0 Å². The third-order valence-electron chi connectivity index (χ3n) is 8.14. The van der Waals surface area contributed by atoms with Crippen LogP contribution in [-0.4, -0.2) is 53.3 Å². The SMILES string of the molecule is CCCCCC1OC1C/C=C\CCCCCCCC(=O)O[C@H](COC(=O)CCCCCCCCCCC(C)C)COP(=O)(O)O. The molecule has 10 heteroatoms. The summed E-state index contributed by atoms with van der Waals surface area (Å²) in [5.41, 5.74) is 0. The van der Waals surface area contributed by atoms with Crippen molar-refractivity contribution < 1.29 is 42.7 Å². The van der Waals surface area contributed by atoms with Crippen molar-refractivity contribution in [1.29, 1.82) is 0 Å². The van der Waals surface area contributed by atoms with Gasteiger partial charge in [-0.3, -0.25) is 14.1 Å². The smallest absolute Gasteiger partial charge is 0.462 e. The van der Waals surface area contributed by atoms with Crippen molar-refractivity contribution in [2.75, 3.05) is 13.2 Å². The molecule has 1 fully saturated rings. The number of esters is 2. The van der Waals surface area contributed by atoms with E-state index in [0.29, 0.717) is 18.6 Å². The van der Waals surface area contributed by atoms with Gasteiger partial charge < -0.3 is 24.0 Å². The lowest BCUT2D eigenvalue weighted by atomic mass is 10.0. The fourth-order valence-corrected chi connectivity index (χ4v) is 5.69. The standard InChI is InChI=1S/C35H65O9P/c1-4-5-18-24-32-33(44-32)25-20-15-11-7-9-13-17-22-27-35(37)43-31(29-42-45(38,39)40)28-41-34(36)26-21-16-12-8-6-10-14-19-23-30(2)3/h15,20,30-33H,4-14,16-19,21-29H2,1-3H3,(H2,38,39,40)/b20-15-/t31-,32?,33?/m1/s1. The van der Waals surface area contributed by atoms with E-state index < -0.39 is 32.5 Å². The Morgan fingerprint density at radius 1 is 0.756 bits per heavy atom. The van der Waals surface area contributed by atoms with Gasteiger partial charge in [-0.15, -0.1) is 0 Å². The zero-order valence-corrected chi connectivity index (χ0v) is 29.5. The fourth-order valence-electron chi connectivity index (χ4n) is 5.33. The van der Waals surface area contributed by atoms with Gasteiger partial charge in [-0.25, -0.2) is 4.57 Å². The van der Waals surface area contributed by atoms with Gasteiger partial charge in [0.15, 0.2) is 6.10 Å². The number of hydrogen-bond acceptors (Lipinski definition) is 7. The molecule has 1 rings (SSSR count). The Kier molecular flexibility index (Phi) is 24.9. The Balaban J connectivity index is 2.11. The summed E-state index contributed by atoms with van der Waals surface area (Å²) in [7, 11) is -4.75. The minimum atomic E-state index is -4.75. The van der Waals surface area contributed by atoms with Crippen LogP contribution < -0.4 is 0 Å². The normalized spacial score (nSPS) is 17.2. The van der Waals surface area contributed by atoms with Crippen LogP contribution >= 0.6 is 7.82 Å². The van der Waals surface area contributed by atoms with E-state index in [4.69, 9.17) is 24.0 Å². The first-order valence-electron chi connectivity index (χ1n) is 18.0. The van der Waals surface area contributed by atoms with Gasteiger partial charge in [0.05, 0.1) is 18.8 Å². The van der Waals surface area contributed by atoms with E-state index in [9.17, 15) is 14.2 Å². The number of ether oxygens (including phenoxy) is 3. The average molecular weight is 661 g/mol. The molecule has 1 heterocycles. The Morgan fingerprint density at radius 3 is 1.98 bits per heavy atom. The number of phosphoric ester groups is 1. The maximum Gasteiger partial charge on any atom is 0.469 e. The van der Waals surface area contributed by atoms with Gasteiger partial charge in [0.2, 0.25) is 0 Å². The molecule has 0 spiro atoms. The number of allylic oxidation sites excluding steroid dienone is 1. The molecule has 0 radical (unpaired) electrons. The van der Waals surface area contributed by atoms with Crippen LogP contribution in [0.4, 0.5) is 0 Å². The summed E-state index contributed by atoms with van der Waals surface area (Å²) in [5.74, 6) is -0.133. The molecular weight excluding hydrogens is 595 g/mol. The quantitative estimate of drug-likeness (QED) is 0.0246. The number of phosphoric acid groups is 1. The zero-order chi connectivity index (χ0) is 33.2. The van der Waals surface area contributed by atoms with E-state index in [-0.39, 0.29) is 19.4 Å². The highest BCUT2D eigenvalue weighted by molar-refractivity contribution is 7.46. The highest BCUT2D eigenvalue weighted by Gasteiger charge is 2.36. The summed E-state index contributed by atoms with van der Waals surface area (Å²) >= 11 is 0. The first-order valence-corrected chi connectivity index (χ1v) is 19.5. The second kappa shape index (κ2) is 26.8. The molecule has 1 aliphatic heterocycles. The van der Waals surface area contributed by atoms with Crippen molar-refractivity contribution in [2.45, 2.75) is 180 Å². The lowest BCUT2D eigenvalue weighted by molar-refractivity contribution is -0.161. The average Bonchev–Trinajstić information content (AvgIpc) is 3.73. The van der Waals surface area contributed by atoms with Crippen molar-refractivity contribution >= 4 is 19.8 Å². The molecule has 45 heavy (non-hydrogen) atoms. The maximum atomic E-state index is 12.3. The molecule has 0 aliphatic carbocycles. The van der Waals surface area contributed by atoms with E-state index in [1.807, 2.05) is 0 Å². The summed E-state index contributed by atoms with van der Waals surface area (Å²) in [6.45, 7) is 5.90. The lowest BCUT2D eigenvalue weighted by Gasteiger charge is -2.18. The molecule has 264 valence electrons. The molecule has 0 amide bonds. The Labute approximate surface area is 273 Å². The van der Waals surface area contributed by atoms with Crippen molar-refractivity contribution in [3.8, 4) is 0 Å². The van der Waals surface area contributed by atoms with E-state index in [0.717, 1.165) is 63.7 Å². The first kappa shape index (κ1) is 41.8. The molecule has 1 saturated heterocycles. The minimum Gasteiger partial charge on any atom is -0.462 e.